The number of carbonyl (C=O) groups is 1. The molecule has 1 N–H and O–H groups in total. The summed E-state index contributed by atoms with van der Waals surface area (Å²) < 4.78 is 19.0. The van der Waals surface area contributed by atoms with E-state index in [1.807, 2.05) is 0 Å². The van der Waals surface area contributed by atoms with Gasteiger partial charge in [0.15, 0.2) is 0 Å². The summed E-state index contributed by atoms with van der Waals surface area (Å²) >= 11 is 0. The van der Waals surface area contributed by atoms with Crippen LogP contribution in [0.4, 0.5) is 4.39 Å². The molecule has 0 aliphatic heterocycles. The molecule has 0 spiro atoms. The minimum Gasteiger partial charge on any atom is -0.481 e. The van der Waals surface area contributed by atoms with Crippen molar-refractivity contribution in [3.05, 3.63) is 35.6 Å². The molecule has 1 aromatic carbocycles. The van der Waals surface area contributed by atoms with E-state index in [0.717, 1.165) is 6.42 Å². The summed E-state index contributed by atoms with van der Waals surface area (Å²) in [6, 6.07) is 6.30. The quantitative estimate of drug-likeness (QED) is 0.705. The highest BCUT2D eigenvalue weighted by atomic mass is 19.1. The van der Waals surface area contributed by atoms with Gasteiger partial charge in [0.25, 0.3) is 0 Å². The Bertz CT molecular complexity index is 418. The first-order chi connectivity index (χ1) is 9.50. The Morgan fingerprint density at radius 1 is 1.25 bits per heavy atom. The molecular weight excluding hydrogens is 259 g/mol. The zero-order valence-electron chi connectivity index (χ0n) is 12.1. The van der Waals surface area contributed by atoms with E-state index in [1.54, 1.807) is 18.2 Å². The Kier molecular flexibility index (Phi) is 7.23. The molecule has 1 aromatic rings. The second kappa shape index (κ2) is 8.69. The van der Waals surface area contributed by atoms with Crippen LogP contribution in [0.3, 0.4) is 0 Å². The highest BCUT2D eigenvalue weighted by molar-refractivity contribution is 5.70. The Morgan fingerprint density at radius 2 is 1.90 bits per heavy atom. The summed E-state index contributed by atoms with van der Waals surface area (Å²) in [5.74, 6) is -1.28. The van der Waals surface area contributed by atoms with E-state index in [9.17, 15) is 14.3 Å². The number of ether oxygens (including phenoxy) is 1. The number of halogens is 1. The fourth-order valence-corrected chi connectivity index (χ4v) is 1.89. The number of carboxylic acid groups (broad SMARTS) is 1. The van der Waals surface area contributed by atoms with Crippen molar-refractivity contribution in [3.63, 3.8) is 0 Å². The maximum Gasteiger partial charge on any atom is 0.306 e. The number of hydrogen-bond acceptors (Lipinski definition) is 2. The molecule has 0 bridgehead atoms. The third-order valence-electron chi connectivity index (χ3n) is 3.22. The normalized spacial score (nSPS) is 12.6. The van der Waals surface area contributed by atoms with Crippen LogP contribution < -0.4 is 0 Å². The van der Waals surface area contributed by atoms with Crippen LogP contribution in [-0.2, 0) is 16.0 Å². The molecule has 0 aromatic heterocycles. The second-order valence-electron chi connectivity index (χ2n) is 5.41. The summed E-state index contributed by atoms with van der Waals surface area (Å²) in [6.07, 6.45) is 1.57. The van der Waals surface area contributed by atoms with Crippen molar-refractivity contribution in [2.24, 2.45) is 11.8 Å². The number of hydrogen-bond donors (Lipinski definition) is 1. The molecule has 0 aliphatic rings. The smallest absolute Gasteiger partial charge is 0.306 e. The predicted octanol–water partition coefficient (Wildman–Crippen LogP) is 3.52. The first-order valence-electron chi connectivity index (χ1n) is 7.04. The molecule has 4 heteroatoms. The molecule has 20 heavy (non-hydrogen) atoms. The second-order valence-corrected chi connectivity index (χ2v) is 5.41. The fraction of sp³-hybridized carbons (Fsp3) is 0.562. The third kappa shape index (κ3) is 6.15. The standard InChI is InChI=1S/C16H23FO3/c1-12(2)7-9-20-10-8-14(16(18)19)11-13-5-3-4-6-15(13)17/h3-6,12,14H,7-11H2,1-2H3,(H,18,19). The topological polar surface area (TPSA) is 46.5 Å². The van der Waals surface area contributed by atoms with Crippen molar-refractivity contribution in [3.8, 4) is 0 Å². The van der Waals surface area contributed by atoms with Crippen LogP contribution in [-0.4, -0.2) is 24.3 Å². The van der Waals surface area contributed by atoms with Crippen LogP contribution in [0.5, 0.6) is 0 Å². The van der Waals surface area contributed by atoms with Gasteiger partial charge in [-0.15, -0.1) is 0 Å². The number of benzene rings is 1. The lowest BCUT2D eigenvalue weighted by Crippen LogP contribution is -2.19. The minimum absolute atomic E-state index is 0.204. The zero-order chi connectivity index (χ0) is 15.0. The average molecular weight is 282 g/mol. The molecule has 1 atom stereocenters. The van der Waals surface area contributed by atoms with Gasteiger partial charge in [-0.3, -0.25) is 4.79 Å². The molecular formula is C16H23FO3. The zero-order valence-corrected chi connectivity index (χ0v) is 12.1. The van der Waals surface area contributed by atoms with E-state index in [1.165, 1.54) is 6.07 Å². The van der Waals surface area contributed by atoms with Gasteiger partial charge in [0, 0.05) is 13.2 Å². The maximum atomic E-state index is 13.5. The molecule has 0 fully saturated rings. The number of aliphatic carboxylic acids is 1. The van der Waals surface area contributed by atoms with E-state index in [2.05, 4.69) is 13.8 Å². The number of rotatable bonds is 9. The van der Waals surface area contributed by atoms with Gasteiger partial charge in [-0.05, 0) is 36.8 Å². The first-order valence-corrected chi connectivity index (χ1v) is 7.04. The summed E-state index contributed by atoms with van der Waals surface area (Å²) in [5, 5.41) is 9.19. The van der Waals surface area contributed by atoms with E-state index >= 15 is 0 Å². The Hall–Kier alpha value is -1.42. The van der Waals surface area contributed by atoms with Gasteiger partial charge in [0.1, 0.15) is 5.82 Å². The maximum absolute atomic E-state index is 13.5. The van der Waals surface area contributed by atoms with Gasteiger partial charge >= 0.3 is 5.97 Å². The third-order valence-corrected chi connectivity index (χ3v) is 3.22. The molecule has 0 aliphatic carbocycles. The van der Waals surface area contributed by atoms with Crippen molar-refractivity contribution < 1.29 is 19.0 Å². The monoisotopic (exact) mass is 282 g/mol. The van der Waals surface area contributed by atoms with Crippen molar-refractivity contribution >= 4 is 5.97 Å². The molecule has 3 nitrogen and oxygen atoms in total. The molecule has 112 valence electrons. The van der Waals surface area contributed by atoms with E-state index in [4.69, 9.17) is 4.74 Å². The first kappa shape index (κ1) is 16.6. The van der Waals surface area contributed by atoms with Crippen molar-refractivity contribution in [1.82, 2.24) is 0 Å². The van der Waals surface area contributed by atoms with Gasteiger partial charge in [-0.1, -0.05) is 32.0 Å². The fourth-order valence-electron chi connectivity index (χ4n) is 1.89. The van der Waals surface area contributed by atoms with Crippen LogP contribution in [0.1, 0.15) is 32.3 Å². The van der Waals surface area contributed by atoms with Gasteiger partial charge in [-0.2, -0.15) is 0 Å². The molecule has 1 unspecified atom stereocenters. The van der Waals surface area contributed by atoms with Gasteiger partial charge in [0.05, 0.1) is 5.92 Å². The minimum atomic E-state index is -0.902. The highest BCUT2D eigenvalue weighted by Crippen LogP contribution is 2.16. The van der Waals surface area contributed by atoms with Crippen molar-refractivity contribution in [2.45, 2.75) is 33.1 Å². The molecule has 0 saturated carbocycles. The summed E-state index contributed by atoms with van der Waals surface area (Å²) in [4.78, 5) is 11.2. The van der Waals surface area contributed by atoms with E-state index < -0.39 is 11.9 Å². The highest BCUT2D eigenvalue weighted by Gasteiger charge is 2.19. The Labute approximate surface area is 119 Å². The Morgan fingerprint density at radius 3 is 2.50 bits per heavy atom. The Balaban J connectivity index is 2.41. The largest absolute Gasteiger partial charge is 0.481 e. The molecule has 0 radical (unpaired) electrons. The molecule has 0 amide bonds. The lowest BCUT2D eigenvalue weighted by Gasteiger charge is -2.13. The van der Waals surface area contributed by atoms with Crippen molar-refractivity contribution in [1.29, 1.82) is 0 Å². The summed E-state index contributed by atoms with van der Waals surface area (Å²) in [7, 11) is 0. The van der Waals surface area contributed by atoms with E-state index in [-0.39, 0.29) is 12.2 Å². The molecule has 1 rings (SSSR count). The lowest BCUT2D eigenvalue weighted by molar-refractivity contribution is -0.142. The predicted molar refractivity (Wildman–Crippen MR) is 76.1 cm³/mol. The van der Waals surface area contributed by atoms with Crippen LogP contribution >= 0.6 is 0 Å². The molecule has 0 heterocycles. The lowest BCUT2D eigenvalue weighted by atomic mass is 9.96. The number of carboxylic acids is 1. The molecule has 0 saturated heterocycles. The van der Waals surface area contributed by atoms with Crippen LogP contribution in [0.15, 0.2) is 24.3 Å². The summed E-state index contributed by atoms with van der Waals surface area (Å²) in [5.41, 5.74) is 0.446. The van der Waals surface area contributed by atoms with Crippen LogP contribution in [0.25, 0.3) is 0 Å². The van der Waals surface area contributed by atoms with Gasteiger partial charge < -0.3 is 9.84 Å². The SMILES string of the molecule is CC(C)CCOCCC(Cc1ccccc1F)C(=O)O. The van der Waals surface area contributed by atoms with Crippen LogP contribution in [0, 0.1) is 17.7 Å². The van der Waals surface area contributed by atoms with Gasteiger partial charge in [0.2, 0.25) is 0 Å². The van der Waals surface area contributed by atoms with Gasteiger partial charge in [-0.25, -0.2) is 4.39 Å². The summed E-state index contributed by atoms with van der Waals surface area (Å²) in [6.45, 7) is 5.27. The van der Waals surface area contributed by atoms with Crippen molar-refractivity contribution in [2.75, 3.05) is 13.2 Å². The van der Waals surface area contributed by atoms with Crippen LogP contribution in [0.2, 0.25) is 0 Å². The average Bonchev–Trinajstić information content (AvgIpc) is 2.38. The van der Waals surface area contributed by atoms with E-state index in [0.29, 0.717) is 31.1 Å².